The van der Waals surface area contributed by atoms with Gasteiger partial charge >= 0.3 is 0 Å². The normalized spacial score (nSPS) is 10.2. The molecule has 0 aliphatic rings. The van der Waals surface area contributed by atoms with Crippen LogP contribution in [0.4, 0.5) is 17.1 Å². The largest absolute Gasteiger partial charge is 0.387 e. The molecule has 0 saturated heterocycles. The fraction of sp³-hybridized carbons (Fsp3) is 0.267. The Labute approximate surface area is 108 Å². The lowest BCUT2D eigenvalue weighted by molar-refractivity contribution is 1.01. The fourth-order valence-electron chi connectivity index (χ4n) is 1.95. The molecule has 2 rings (SSSR count). The Kier molecular flexibility index (Phi) is 3.82. The molecule has 18 heavy (non-hydrogen) atoms. The monoisotopic (exact) mass is 241 g/mol. The average Bonchev–Trinajstić information content (AvgIpc) is 2.42. The lowest BCUT2D eigenvalue weighted by Gasteiger charge is -2.23. The zero-order valence-corrected chi connectivity index (χ0v) is 11.1. The van der Waals surface area contributed by atoms with E-state index in [0.717, 1.165) is 17.9 Å². The summed E-state index contributed by atoms with van der Waals surface area (Å²) in [6.07, 6.45) is 3.72. The highest BCUT2D eigenvalue weighted by molar-refractivity contribution is 5.66. The molecule has 1 aromatic carbocycles. The van der Waals surface area contributed by atoms with Crippen molar-refractivity contribution in [2.75, 3.05) is 23.8 Å². The number of anilines is 3. The number of nitrogens with zero attached hydrogens (tertiary/aromatic N) is 2. The maximum absolute atomic E-state index is 4.26. The summed E-state index contributed by atoms with van der Waals surface area (Å²) in [4.78, 5) is 6.51. The molecule has 1 N–H and O–H groups in total. The standard InChI is InChI=1S/C15H19N3/c1-4-18(14-7-5-12(2)6-8-14)15-9-13(16-3)10-17-11-15/h5-11,16H,4H2,1-3H3. The van der Waals surface area contributed by atoms with Gasteiger partial charge in [0, 0.05) is 19.3 Å². The molecule has 1 heterocycles. The highest BCUT2D eigenvalue weighted by Gasteiger charge is 2.07. The van der Waals surface area contributed by atoms with E-state index in [9.17, 15) is 0 Å². The number of benzene rings is 1. The third-order valence-electron chi connectivity index (χ3n) is 2.99. The molecule has 3 heteroatoms. The van der Waals surface area contributed by atoms with Gasteiger partial charge < -0.3 is 10.2 Å². The minimum absolute atomic E-state index is 0.915. The molecule has 94 valence electrons. The van der Waals surface area contributed by atoms with E-state index in [4.69, 9.17) is 0 Å². The summed E-state index contributed by atoms with van der Waals surface area (Å²) >= 11 is 0. The van der Waals surface area contributed by atoms with Crippen molar-refractivity contribution in [2.45, 2.75) is 13.8 Å². The summed E-state index contributed by atoms with van der Waals surface area (Å²) in [5.41, 5.74) is 4.60. The number of rotatable bonds is 4. The van der Waals surface area contributed by atoms with Crippen molar-refractivity contribution in [1.29, 1.82) is 0 Å². The maximum atomic E-state index is 4.26. The third kappa shape index (κ3) is 2.62. The van der Waals surface area contributed by atoms with Gasteiger partial charge in [0.1, 0.15) is 0 Å². The molecule has 0 aliphatic carbocycles. The van der Waals surface area contributed by atoms with Gasteiger partial charge in [-0.25, -0.2) is 0 Å². The summed E-state index contributed by atoms with van der Waals surface area (Å²) in [5.74, 6) is 0. The minimum atomic E-state index is 0.915. The third-order valence-corrected chi connectivity index (χ3v) is 2.99. The van der Waals surface area contributed by atoms with Gasteiger partial charge in [0.05, 0.1) is 23.8 Å². The molecule has 0 radical (unpaired) electrons. The highest BCUT2D eigenvalue weighted by Crippen LogP contribution is 2.26. The molecule has 3 nitrogen and oxygen atoms in total. The van der Waals surface area contributed by atoms with E-state index < -0.39 is 0 Å². The first kappa shape index (κ1) is 12.4. The minimum Gasteiger partial charge on any atom is -0.387 e. The summed E-state index contributed by atoms with van der Waals surface area (Å²) in [7, 11) is 1.91. The molecule has 0 unspecified atom stereocenters. The van der Waals surface area contributed by atoms with Gasteiger partial charge in [0.25, 0.3) is 0 Å². The van der Waals surface area contributed by atoms with Crippen LogP contribution in [0.3, 0.4) is 0 Å². The van der Waals surface area contributed by atoms with Crippen molar-refractivity contribution in [3.63, 3.8) is 0 Å². The van der Waals surface area contributed by atoms with Crippen LogP contribution in [0.2, 0.25) is 0 Å². The van der Waals surface area contributed by atoms with Gasteiger partial charge in [-0.2, -0.15) is 0 Å². The topological polar surface area (TPSA) is 28.2 Å². The zero-order chi connectivity index (χ0) is 13.0. The number of pyridine rings is 1. The van der Waals surface area contributed by atoms with E-state index in [-0.39, 0.29) is 0 Å². The van der Waals surface area contributed by atoms with E-state index in [0.29, 0.717) is 0 Å². The average molecular weight is 241 g/mol. The van der Waals surface area contributed by atoms with Crippen LogP contribution < -0.4 is 10.2 Å². The van der Waals surface area contributed by atoms with Crippen LogP contribution in [0.25, 0.3) is 0 Å². The van der Waals surface area contributed by atoms with Gasteiger partial charge in [-0.1, -0.05) is 17.7 Å². The van der Waals surface area contributed by atoms with Crippen LogP contribution in [-0.2, 0) is 0 Å². The fourth-order valence-corrected chi connectivity index (χ4v) is 1.95. The number of aryl methyl sites for hydroxylation is 1. The second kappa shape index (κ2) is 5.54. The van der Waals surface area contributed by atoms with Crippen LogP contribution in [0.1, 0.15) is 12.5 Å². The van der Waals surface area contributed by atoms with Crippen LogP contribution in [0.5, 0.6) is 0 Å². The van der Waals surface area contributed by atoms with Crippen LogP contribution >= 0.6 is 0 Å². The number of hydrogen-bond donors (Lipinski definition) is 1. The van der Waals surface area contributed by atoms with Crippen molar-refractivity contribution in [1.82, 2.24) is 4.98 Å². The first-order chi connectivity index (χ1) is 8.74. The molecule has 1 aromatic heterocycles. The predicted octanol–water partition coefficient (Wildman–Crippen LogP) is 3.59. The van der Waals surface area contributed by atoms with Crippen molar-refractivity contribution in [3.05, 3.63) is 48.3 Å². The van der Waals surface area contributed by atoms with Crippen molar-refractivity contribution >= 4 is 17.1 Å². The van der Waals surface area contributed by atoms with E-state index in [1.807, 2.05) is 19.4 Å². The Morgan fingerprint density at radius 3 is 2.44 bits per heavy atom. The Bertz CT molecular complexity index is 505. The highest BCUT2D eigenvalue weighted by atomic mass is 15.1. The predicted molar refractivity (Wildman–Crippen MR) is 77.6 cm³/mol. The second-order valence-electron chi connectivity index (χ2n) is 4.26. The van der Waals surface area contributed by atoms with E-state index in [1.54, 1.807) is 0 Å². The van der Waals surface area contributed by atoms with Crippen molar-refractivity contribution in [3.8, 4) is 0 Å². The molecule has 0 atom stereocenters. The molecule has 0 bridgehead atoms. The van der Waals surface area contributed by atoms with Gasteiger partial charge in [0.15, 0.2) is 0 Å². The van der Waals surface area contributed by atoms with Crippen molar-refractivity contribution < 1.29 is 0 Å². The first-order valence-electron chi connectivity index (χ1n) is 6.21. The second-order valence-corrected chi connectivity index (χ2v) is 4.26. The molecule has 0 amide bonds. The first-order valence-corrected chi connectivity index (χ1v) is 6.21. The van der Waals surface area contributed by atoms with E-state index in [2.05, 4.69) is 59.4 Å². The van der Waals surface area contributed by atoms with Crippen LogP contribution in [0, 0.1) is 6.92 Å². The summed E-state index contributed by atoms with van der Waals surface area (Å²) in [6, 6.07) is 10.7. The van der Waals surface area contributed by atoms with E-state index in [1.165, 1.54) is 11.3 Å². The Hall–Kier alpha value is -2.03. The quantitative estimate of drug-likeness (QED) is 0.886. The smallest absolute Gasteiger partial charge is 0.0617 e. The molecule has 0 fully saturated rings. The lowest BCUT2D eigenvalue weighted by atomic mass is 10.2. The SMILES string of the molecule is CCN(c1ccc(C)cc1)c1cncc(NC)c1. The molecular formula is C15H19N3. The van der Waals surface area contributed by atoms with Gasteiger partial charge in [-0.15, -0.1) is 0 Å². The number of aromatic nitrogens is 1. The van der Waals surface area contributed by atoms with Crippen LogP contribution in [-0.4, -0.2) is 18.6 Å². The van der Waals surface area contributed by atoms with Gasteiger partial charge in [-0.3, -0.25) is 4.98 Å². The Balaban J connectivity index is 2.35. The lowest BCUT2D eigenvalue weighted by Crippen LogP contribution is -2.16. The number of nitrogens with one attached hydrogen (secondary N) is 1. The zero-order valence-electron chi connectivity index (χ0n) is 11.1. The van der Waals surface area contributed by atoms with Crippen molar-refractivity contribution in [2.24, 2.45) is 0 Å². The maximum Gasteiger partial charge on any atom is 0.0617 e. The summed E-state index contributed by atoms with van der Waals surface area (Å²) in [6.45, 7) is 5.16. The Morgan fingerprint density at radius 2 is 1.83 bits per heavy atom. The van der Waals surface area contributed by atoms with Gasteiger partial charge in [-0.05, 0) is 32.0 Å². The van der Waals surface area contributed by atoms with E-state index >= 15 is 0 Å². The molecular weight excluding hydrogens is 222 g/mol. The summed E-state index contributed by atoms with van der Waals surface area (Å²) in [5, 5.41) is 3.12. The Morgan fingerprint density at radius 1 is 1.11 bits per heavy atom. The molecule has 0 saturated carbocycles. The number of hydrogen-bond acceptors (Lipinski definition) is 3. The van der Waals surface area contributed by atoms with Crippen LogP contribution in [0.15, 0.2) is 42.7 Å². The molecule has 0 aliphatic heterocycles. The van der Waals surface area contributed by atoms with Gasteiger partial charge in [0.2, 0.25) is 0 Å². The molecule has 0 spiro atoms. The molecule has 2 aromatic rings. The summed E-state index contributed by atoms with van der Waals surface area (Å²) < 4.78 is 0.